The molecule has 5 aromatic rings. The third kappa shape index (κ3) is 7.32. The van der Waals surface area contributed by atoms with Crippen molar-refractivity contribution in [1.82, 2.24) is 20.0 Å². The molecule has 0 aliphatic rings. The van der Waals surface area contributed by atoms with Crippen molar-refractivity contribution >= 4 is 40.8 Å². The van der Waals surface area contributed by atoms with Gasteiger partial charge in [-0.05, 0) is 76.0 Å². The van der Waals surface area contributed by atoms with E-state index in [1.165, 1.54) is 0 Å². The zero-order chi connectivity index (χ0) is 32.2. The largest absolute Gasteiger partial charge is 0.497 e. The van der Waals surface area contributed by atoms with E-state index in [-0.39, 0.29) is 5.04 Å². The van der Waals surface area contributed by atoms with Crippen molar-refractivity contribution in [2.45, 2.75) is 45.4 Å². The van der Waals surface area contributed by atoms with Gasteiger partial charge in [-0.2, -0.15) is 15.3 Å². The van der Waals surface area contributed by atoms with Crippen molar-refractivity contribution < 1.29 is 18.6 Å². The number of hydrogen-bond donors (Lipinski definition) is 1. The Kier molecular flexibility index (Phi) is 9.81. The highest BCUT2D eigenvalue weighted by Crippen LogP contribution is 2.39. The van der Waals surface area contributed by atoms with E-state index in [0.29, 0.717) is 19.8 Å². The summed E-state index contributed by atoms with van der Waals surface area (Å²) in [5.74, 6) is 2.22. The van der Waals surface area contributed by atoms with Crippen molar-refractivity contribution in [3.8, 4) is 34.1 Å². The molecule has 2 heterocycles. The van der Waals surface area contributed by atoms with Crippen molar-refractivity contribution in [2.24, 2.45) is 0 Å². The minimum atomic E-state index is -1.85. The van der Waals surface area contributed by atoms with Gasteiger partial charge in [0.05, 0.1) is 48.4 Å². The summed E-state index contributed by atoms with van der Waals surface area (Å²) < 4.78 is 26.1. The molecular weight excluding hydrogens is 650 g/mol. The second kappa shape index (κ2) is 13.6. The topological polar surface area (TPSA) is 92.6 Å². The van der Waals surface area contributed by atoms with Gasteiger partial charge in [0.1, 0.15) is 23.9 Å². The van der Waals surface area contributed by atoms with E-state index >= 15 is 0 Å². The maximum atomic E-state index is 6.32. The molecule has 0 fully saturated rings. The van der Waals surface area contributed by atoms with Crippen molar-refractivity contribution in [2.75, 3.05) is 32.8 Å². The fraction of sp³-hybridized carbons (Fsp3) is 0.324. The molecule has 236 valence electrons. The number of ether oxygens (including phenoxy) is 3. The number of methoxy groups -OCH3 is 2. The molecule has 1 N–H and O–H groups in total. The Morgan fingerprint density at radius 3 is 2.49 bits per heavy atom. The van der Waals surface area contributed by atoms with E-state index in [9.17, 15) is 0 Å². The van der Waals surface area contributed by atoms with E-state index in [1.54, 1.807) is 26.6 Å². The average Bonchev–Trinajstić information content (AvgIpc) is 3.56. The van der Waals surface area contributed by atoms with Gasteiger partial charge in [0.25, 0.3) is 0 Å². The number of halogens is 1. The van der Waals surface area contributed by atoms with Crippen LogP contribution in [0.25, 0.3) is 27.7 Å². The lowest BCUT2D eigenvalue weighted by atomic mass is 10.0. The molecule has 0 spiro atoms. The second-order valence-corrected chi connectivity index (χ2v) is 17.9. The van der Waals surface area contributed by atoms with Gasteiger partial charge < -0.3 is 24.0 Å². The molecule has 2 aromatic heterocycles. The Morgan fingerprint density at radius 2 is 1.78 bits per heavy atom. The van der Waals surface area contributed by atoms with Crippen LogP contribution in [0.2, 0.25) is 18.1 Å². The highest BCUT2D eigenvalue weighted by atomic mass is 79.9. The first-order chi connectivity index (χ1) is 21.5. The summed E-state index contributed by atoms with van der Waals surface area (Å²) in [6, 6.07) is 18.0. The van der Waals surface area contributed by atoms with Crippen LogP contribution in [0, 0.1) is 0 Å². The normalized spacial score (nSPS) is 11.9. The maximum absolute atomic E-state index is 6.32. The highest BCUT2D eigenvalue weighted by molar-refractivity contribution is 9.10. The van der Waals surface area contributed by atoms with Crippen LogP contribution >= 0.6 is 15.9 Å². The minimum Gasteiger partial charge on any atom is -0.497 e. The van der Waals surface area contributed by atoms with Crippen molar-refractivity contribution in [3.05, 3.63) is 83.2 Å². The van der Waals surface area contributed by atoms with Crippen LogP contribution in [0.5, 0.6) is 17.2 Å². The predicted molar refractivity (Wildman–Crippen MR) is 185 cm³/mol. The maximum Gasteiger partial charge on any atom is 0.192 e. The summed E-state index contributed by atoms with van der Waals surface area (Å²) in [4.78, 5) is 0. The van der Waals surface area contributed by atoms with Crippen molar-refractivity contribution in [1.29, 1.82) is 0 Å². The molecule has 45 heavy (non-hydrogen) atoms. The first-order valence-electron chi connectivity index (χ1n) is 14.8. The van der Waals surface area contributed by atoms with E-state index in [2.05, 4.69) is 88.6 Å². The third-order valence-corrected chi connectivity index (χ3v) is 13.5. The predicted octanol–water partition coefficient (Wildman–Crippen LogP) is 8.27. The van der Waals surface area contributed by atoms with Gasteiger partial charge in [0, 0.05) is 47.6 Å². The molecule has 0 unspecified atom stereocenters. The Hall–Kier alpha value is -3.93. The molecule has 0 amide bonds. The minimum absolute atomic E-state index is 0.146. The summed E-state index contributed by atoms with van der Waals surface area (Å²) in [6.45, 7) is 12.7. The summed E-state index contributed by atoms with van der Waals surface area (Å²) in [5.41, 5.74) is 5.48. The summed E-state index contributed by atoms with van der Waals surface area (Å²) >= 11 is 3.75. The average molecular weight is 691 g/mol. The molecule has 0 saturated heterocycles. The molecule has 0 aliphatic heterocycles. The summed E-state index contributed by atoms with van der Waals surface area (Å²) in [5, 5.41) is 17.9. The van der Waals surface area contributed by atoms with Crippen LogP contribution in [0.15, 0.2) is 77.7 Å². The molecule has 0 radical (unpaired) electrons. The number of fused-ring (bicyclic) bond motifs is 1. The monoisotopic (exact) mass is 689 g/mol. The zero-order valence-corrected chi connectivity index (χ0v) is 29.4. The zero-order valence-electron chi connectivity index (χ0n) is 26.8. The van der Waals surface area contributed by atoms with Gasteiger partial charge in [-0.3, -0.25) is 0 Å². The first kappa shape index (κ1) is 32.5. The van der Waals surface area contributed by atoms with Crippen LogP contribution in [0.3, 0.4) is 0 Å². The van der Waals surface area contributed by atoms with Crippen LogP contribution in [0.4, 0.5) is 5.69 Å². The molecule has 9 nitrogen and oxygen atoms in total. The van der Waals surface area contributed by atoms with E-state index in [1.807, 2.05) is 47.3 Å². The van der Waals surface area contributed by atoms with Gasteiger partial charge >= 0.3 is 0 Å². The van der Waals surface area contributed by atoms with Crippen LogP contribution < -0.4 is 19.5 Å². The first-order valence-corrected chi connectivity index (χ1v) is 18.5. The fourth-order valence-electron chi connectivity index (χ4n) is 4.71. The molecule has 11 heteroatoms. The van der Waals surface area contributed by atoms with Crippen LogP contribution in [0.1, 0.15) is 26.3 Å². The Labute approximate surface area is 274 Å². The molecule has 0 bridgehead atoms. The molecule has 3 aromatic carbocycles. The van der Waals surface area contributed by atoms with Crippen molar-refractivity contribution in [3.63, 3.8) is 0 Å². The smallest absolute Gasteiger partial charge is 0.192 e. The van der Waals surface area contributed by atoms with E-state index < -0.39 is 8.32 Å². The molecule has 5 rings (SSSR count). The lowest BCUT2D eigenvalue weighted by Crippen LogP contribution is -2.41. The Morgan fingerprint density at radius 1 is 0.956 bits per heavy atom. The molecule has 0 saturated carbocycles. The molecule has 0 atom stereocenters. The highest BCUT2D eigenvalue weighted by Gasteiger charge is 2.37. The number of nitrogens with one attached hydrogen (secondary N) is 1. The quantitative estimate of drug-likeness (QED) is 0.103. The van der Waals surface area contributed by atoms with Gasteiger partial charge in [-0.15, -0.1) is 0 Å². The number of nitrogens with zero attached hydrogens (tertiary/aromatic N) is 4. The van der Waals surface area contributed by atoms with Gasteiger partial charge in [0.15, 0.2) is 8.32 Å². The van der Waals surface area contributed by atoms with E-state index in [4.69, 9.17) is 18.6 Å². The Bertz CT molecular complexity index is 1770. The summed E-state index contributed by atoms with van der Waals surface area (Å²) in [7, 11) is 1.44. The number of aromatic nitrogens is 4. The lowest BCUT2D eigenvalue weighted by molar-refractivity contribution is 0.203. The molecule has 0 aliphatic carbocycles. The second-order valence-electron chi connectivity index (χ2n) is 12.2. The standard InChI is InChI=1S/C34H40BrN5O4Si/c1-34(2,3)45(6,7)44-16-15-43-33-20-31(40-14-8-13-38-40)27(19-28(33)35)23-10-12-26-29(17-23)39-37-22-30(26)36-21-24-9-11-25(41-4)18-32(24)42-5/h8-14,17-20,22H,15-16,21H2,1-7H3,(H,36,39). The number of anilines is 1. The summed E-state index contributed by atoms with van der Waals surface area (Å²) in [6.07, 6.45) is 5.43. The number of benzene rings is 3. The number of hydrogen-bond acceptors (Lipinski definition) is 8. The van der Waals surface area contributed by atoms with Gasteiger partial charge in [0.2, 0.25) is 0 Å². The number of rotatable bonds is 12. The van der Waals surface area contributed by atoms with E-state index in [0.717, 1.165) is 60.7 Å². The molecular formula is C34H40BrN5O4Si. The Balaban J connectivity index is 1.40. The third-order valence-electron chi connectivity index (χ3n) is 8.33. The van der Waals surface area contributed by atoms with Crippen LogP contribution in [-0.2, 0) is 11.0 Å². The fourth-order valence-corrected chi connectivity index (χ4v) is 6.19. The van der Waals surface area contributed by atoms with Gasteiger partial charge in [-0.25, -0.2) is 4.68 Å². The van der Waals surface area contributed by atoms with Gasteiger partial charge in [-0.1, -0.05) is 26.8 Å². The lowest BCUT2D eigenvalue weighted by Gasteiger charge is -2.36. The SMILES string of the molecule is COc1ccc(CNc2cnnc3cc(-c4cc(Br)c(OCCO[Si](C)(C)C(C)(C)C)cc4-n4cccn4)ccc23)c(OC)c1. The van der Waals surface area contributed by atoms with Crippen LogP contribution in [-0.4, -0.2) is 55.7 Å².